The molecule has 2 aromatic carbocycles. The molecule has 0 aliphatic rings. The quantitative estimate of drug-likeness (QED) is 0.486. The van der Waals surface area contributed by atoms with Gasteiger partial charge in [-0.1, -0.05) is 48.8 Å². The first kappa shape index (κ1) is 22.6. The number of aryl methyl sites for hydroxylation is 1. The molecule has 164 valence electrons. The number of hydrogen-bond acceptors (Lipinski definition) is 7. The highest BCUT2D eigenvalue weighted by molar-refractivity contribution is 7.89. The summed E-state index contributed by atoms with van der Waals surface area (Å²) in [6.07, 6.45) is 0. The van der Waals surface area contributed by atoms with Crippen LogP contribution >= 0.6 is 0 Å². The number of ether oxygens (including phenoxy) is 1. The highest BCUT2D eigenvalue weighted by Gasteiger charge is 2.25. The Balaban J connectivity index is 1.75. The van der Waals surface area contributed by atoms with Crippen molar-refractivity contribution in [1.29, 1.82) is 0 Å². The zero-order valence-electron chi connectivity index (χ0n) is 17.3. The molecular formula is C21H22FN3O5S. The second kappa shape index (κ2) is 9.36. The minimum absolute atomic E-state index is 0.0243. The molecule has 1 heterocycles. The van der Waals surface area contributed by atoms with Crippen LogP contribution in [0.1, 0.15) is 35.7 Å². The van der Waals surface area contributed by atoms with Crippen LogP contribution in [0.15, 0.2) is 51.9 Å². The van der Waals surface area contributed by atoms with Gasteiger partial charge in [0.1, 0.15) is 5.82 Å². The van der Waals surface area contributed by atoms with Gasteiger partial charge in [-0.05, 0) is 25.1 Å². The predicted octanol–water partition coefficient (Wildman–Crippen LogP) is 3.57. The second-order valence-electron chi connectivity index (χ2n) is 6.68. The Morgan fingerprint density at radius 3 is 2.45 bits per heavy atom. The molecule has 0 spiro atoms. The summed E-state index contributed by atoms with van der Waals surface area (Å²) in [5, 5.41) is 3.83. The monoisotopic (exact) mass is 447 g/mol. The van der Waals surface area contributed by atoms with E-state index < -0.39 is 27.4 Å². The first-order valence-corrected chi connectivity index (χ1v) is 11.1. The molecule has 8 nitrogen and oxygen atoms in total. The third kappa shape index (κ3) is 4.97. The minimum atomic E-state index is -3.85. The van der Waals surface area contributed by atoms with Gasteiger partial charge in [0, 0.05) is 18.7 Å². The summed E-state index contributed by atoms with van der Waals surface area (Å²) in [5.41, 5.74) is 1.31. The molecule has 0 amide bonds. The number of carbonyl (C=O) groups excluding carboxylic acids is 1. The highest BCUT2D eigenvalue weighted by Crippen LogP contribution is 2.21. The number of sulfonamides is 1. The summed E-state index contributed by atoms with van der Waals surface area (Å²) < 4.78 is 50.8. The largest absolute Gasteiger partial charge is 0.452 e. The number of aromatic nitrogens is 2. The van der Waals surface area contributed by atoms with Gasteiger partial charge in [-0.2, -0.15) is 9.29 Å². The average molecular weight is 447 g/mol. The number of rotatable bonds is 8. The molecule has 0 aliphatic heterocycles. The van der Waals surface area contributed by atoms with Crippen LogP contribution in [0.5, 0.6) is 0 Å². The van der Waals surface area contributed by atoms with E-state index in [2.05, 4.69) is 10.1 Å². The minimum Gasteiger partial charge on any atom is -0.452 e. The number of benzene rings is 2. The van der Waals surface area contributed by atoms with Gasteiger partial charge < -0.3 is 9.26 Å². The van der Waals surface area contributed by atoms with Crippen molar-refractivity contribution in [2.24, 2.45) is 0 Å². The molecule has 0 radical (unpaired) electrons. The molecule has 0 saturated heterocycles. The lowest BCUT2D eigenvalue weighted by Crippen LogP contribution is -2.30. The van der Waals surface area contributed by atoms with Crippen molar-refractivity contribution in [3.05, 3.63) is 65.3 Å². The summed E-state index contributed by atoms with van der Waals surface area (Å²) >= 11 is 0. The van der Waals surface area contributed by atoms with Gasteiger partial charge in [0.15, 0.2) is 6.61 Å². The number of esters is 1. The van der Waals surface area contributed by atoms with Gasteiger partial charge >= 0.3 is 5.97 Å². The van der Waals surface area contributed by atoms with E-state index in [1.807, 2.05) is 31.2 Å². The Morgan fingerprint density at radius 2 is 1.81 bits per heavy atom. The maximum atomic E-state index is 14.2. The van der Waals surface area contributed by atoms with E-state index >= 15 is 0 Å². The molecule has 3 rings (SSSR count). The van der Waals surface area contributed by atoms with E-state index in [1.165, 1.54) is 4.31 Å². The molecule has 0 saturated carbocycles. The lowest BCUT2D eigenvalue weighted by molar-refractivity contribution is 0.0424. The van der Waals surface area contributed by atoms with Gasteiger partial charge in [0.05, 0.1) is 10.5 Å². The fourth-order valence-electron chi connectivity index (χ4n) is 2.87. The topological polar surface area (TPSA) is 103 Å². The number of carbonyl (C=O) groups is 1. The van der Waals surface area contributed by atoms with Crippen molar-refractivity contribution in [3.8, 4) is 11.4 Å². The van der Waals surface area contributed by atoms with Crippen LogP contribution in [0.3, 0.4) is 0 Å². The van der Waals surface area contributed by atoms with Crippen molar-refractivity contribution < 1.29 is 26.9 Å². The smallest absolute Gasteiger partial charge is 0.341 e. The van der Waals surface area contributed by atoms with Crippen LogP contribution in [0, 0.1) is 12.7 Å². The van der Waals surface area contributed by atoms with Gasteiger partial charge in [-0.25, -0.2) is 17.6 Å². The molecule has 0 aliphatic carbocycles. The molecular weight excluding hydrogens is 425 g/mol. The average Bonchev–Trinajstić information content (AvgIpc) is 3.22. The molecule has 10 heteroatoms. The Labute approximate surface area is 179 Å². The zero-order chi connectivity index (χ0) is 22.6. The molecule has 3 aromatic rings. The number of hydrogen-bond donors (Lipinski definition) is 0. The van der Waals surface area contributed by atoms with Crippen molar-refractivity contribution in [3.63, 3.8) is 0 Å². The van der Waals surface area contributed by atoms with E-state index in [-0.39, 0.29) is 30.5 Å². The zero-order valence-corrected chi connectivity index (χ0v) is 18.1. The van der Waals surface area contributed by atoms with Crippen molar-refractivity contribution >= 4 is 16.0 Å². The summed E-state index contributed by atoms with van der Waals surface area (Å²) in [4.78, 5) is 16.3. The van der Waals surface area contributed by atoms with Crippen molar-refractivity contribution in [1.82, 2.24) is 14.4 Å². The maximum Gasteiger partial charge on any atom is 0.341 e. The summed E-state index contributed by atoms with van der Waals surface area (Å²) in [5.74, 6) is -1.58. The Morgan fingerprint density at radius 1 is 1.13 bits per heavy atom. The molecule has 0 unspecified atom stereocenters. The van der Waals surface area contributed by atoms with Crippen LogP contribution < -0.4 is 0 Å². The normalized spacial score (nSPS) is 11.6. The molecule has 0 N–H and O–H groups in total. The molecule has 0 bridgehead atoms. The van der Waals surface area contributed by atoms with Crippen LogP contribution in [-0.2, 0) is 21.4 Å². The van der Waals surface area contributed by atoms with Gasteiger partial charge in [0.25, 0.3) is 5.89 Å². The standard InChI is InChI=1S/C21H22FN3O5S/c1-4-25(5-2)31(27,28)16-10-11-18(22)17(12-16)21(26)29-13-19-23-20(24-30-19)15-8-6-14(3)7-9-15/h6-12H,4-5,13H2,1-3H3. The predicted molar refractivity (Wildman–Crippen MR) is 110 cm³/mol. The molecule has 0 fully saturated rings. The van der Waals surface area contributed by atoms with E-state index in [0.29, 0.717) is 5.82 Å². The fraction of sp³-hybridized carbons (Fsp3) is 0.286. The van der Waals surface area contributed by atoms with Crippen LogP contribution in [0.25, 0.3) is 11.4 Å². The van der Waals surface area contributed by atoms with Gasteiger partial charge in [0.2, 0.25) is 15.8 Å². The molecule has 0 atom stereocenters. The second-order valence-corrected chi connectivity index (χ2v) is 8.62. The van der Waals surface area contributed by atoms with Crippen molar-refractivity contribution in [2.75, 3.05) is 13.1 Å². The summed E-state index contributed by atoms with van der Waals surface area (Å²) in [6.45, 7) is 5.44. The Bertz CT molecular complexity index is 1170. The van der Waals surface area contributed by atoms with E-state index in [9.17, 15) is 17.6 Å². The highest BCUT2D eigenvalue weighted by atomic mass is 32.2. The third-order valence-electron chi connectivity index (χ3n) is 4.61. The third-order valence-corrected chi connectivity index (χ3v) is 6.65. The summed E-state index contributed by atoms with van der Waals surface area (Å²) in [6, 6.07) is 10.5. The van der Waals surface area contributed by atoms with Crippen molar-refractivity contribution in [2.45, 2.75) is 32.3 Å². The summed E-state index contributed by atoms with van der Waals surface area (Å²) in [7, 11) is -3.85. The molecule has 1 aromatic heterocycles. The molecule has 31 heavy (non-hydrogen) atoms. The van der Waals surface area contributed by atoms with E-state index in [4.69, 9.17) is 9.26 Å². The first-order chi connectivity index (χ1) is 14.8. The van der Waals surface area contributed by atoms with Gasteiger partial charge in [-0.15, -0.1) is 0 Å². The lowest BCUT2D eigenvalue weighted by Gasteiger charge is -2.18. The SMILES string of the molecule is CCN(CC)S(=O)(=O)c1ccc(F)c(C(=O)OCc2nc(-c3ccc(C)cc3)no2)c1. The Hall–Kier alpha value is -3.11. The fourth-order valence-corrected chi connectivity index (χ4v) is 4.36. The van der Waals surface area contributed by atoms with Gasteiger partial charge in [-0.3, -0.25) is 0 Å². The Kier molecular flexibility index (Phi) is 6.81. The van der Waals surface area contributed by atoms with Crippen LogP contribution in [-0.4, -0.2) is 41.9 Å². The van der Waals surface area contributed by atoms with E-state index in [1.54, 1.807) is 13.8 Å². The lowest BCUT2D eigenvalue weighted by atomic mass is 10.1. The maximum absolute atomic E-state index is 14.2. The number of nitrogens with zero attached hydrogens (tertiary/aromatic N) is 3. The van der Waals surface area contributed by atoms with Crippen LogP contribution in [0.4, 0.5) is 4.39 Å². The first-order valence-electron chi connectivity index (χ1n) is 9.62. The number of halogens is 1. The van der Waals surface area contributed by atoms with E-state index in [0.717, 1.165) is 29.3 Å². The van der Waals surface area contributed by atoms with Crippen LogP contribution in [0.2, 0.25) is 0 Å².